The molecule has 0 aliphatic carbocycles. The van der Waals surface area contributed by atoms with Crippen molar-refractivity contribution in [1.29, 1.82) is 0 Å². The number of hydrogen-bond acceptors (Lipinski definition) is 5. The van der Waals surface area contributed by atoms with Crippen molar-refractivity contribution in [2.75, 3.05) is 0 Å². The summed E-state index contributed by atoms with van der Waals surface area (Å²) in [7, 11) is 0. The van der Waals surface area contributed by atoms with Crippen molar-refractivity contribution in [3.8, 4) is 0 Å². The molecule has 0 unspecified atom stereocenters. The molecule has 0 radical (unpaired) electrons. The van der Waals surface area contributed by atoms with E-state index in [1.165, 1.54) is 0 Å². The van der Waals surface area contributed by atoms with Crippen LogP contribution in [0.4, 0.5) is 0 Å². The molecule has 0 bridgehead atoms. The third-order valence-corrected chi connectivity index (χ3v) is 2.43. The molecule has 0 atom stereocenters. The number of rotatable bonds is 8. The molecule has 0 rings (SSSR count). The molecule has 0 fully saturated rings. The number of carbonyl (C=O) groups excluding carboxylic acids is 2. The van der Waals surface area contributed by atoms with Crippen LogP contribution >= 0.6 is 0 Å². The van der Waals surface area contributed by atoms with Crippen LogP contribution < -0.4 is 29.6 Å². The summed E-state index contributed by atoms with van der Waals surface area (Å²) in [6, 6.07) is 0. The Bertz CT molecular complexity index is 239. The summed E-state index contributed by atoms with van der Waals surface area (Å²) < 4.78 is 19.8. The van der Waals surface area contributed by atoms with E-state index in [0.717, 1.165) is 12.8 Å². The van der Waals surface area contributed by atoms with Gasteiger partial charge in [0.05, 0.1) is 0 Å². The second-order valence-electron chi connectivity index (χ2n) is 3.32. The van der Waals surface area contributed by atoms with Gasteiger partial charge in [-0.05, 0) is 12.8 Å². The van der Waals surface area contributed by atoms with Gasteiger partial charge in [-0.3, -0.25) is 9.59 Å². The molecule has 0 N–H and O–H groups in total. The Kier molecular flexibility index (Phi) is 14.3. The van der Waals surface area contributed by atoms with E-state index in [1.807, 2.05) is 13.8 Å². The van der Waals surface area contributed by atoms with Gasteiger partial charge in [0.15, 0.2) is 0 Å². The molecular formula is C10H19NaO5S. The van der Waals surface area contributed by atoms with E-state index in [-0.39, 0.29) is 43.8 Å². The van der Waals surface area contributed by atoms with Gasteiger partial charge in [-0.2, -0.15) is 4.21 Å². The maximum Gasteiger partial charge on any atom is 1.00 e. The minimum Gasteiger partial charge on any atom is -1.00 e. The smallest absolute Gasteiger partial charge is 1.00 e. The molecule has 0 saturated carbocycles. The third-order valence-electron chi connectivity index (χ3n) is 1.79. The van der Waals surface area contributed by atoms with Gasteiger partial charge < -0.3 is 9.79 Å². The Morgan fingerprint density at radius 1 is 1.00 bits per heavy atom. The fourth-order valence-corrected chi connectivity index (χ4v) is 1.40. The van der Waals surface area contributed by atoms with Crippen LogP contribution in [0.25, 0.3) is 0 Å². The maximum atomic E-state index is 11.0. The van der Waals surface area contributed by atoms with Crippen LogP contribution in [0.15, 0.2) is 0 Å². The third kappa shape index (κ3) is 12.3. The predicted octanol–water partition coefficient (Wildman–Crippen LogP) is -0.852. The molecule has 5 nitrogen and oxygen atoms in total. The number of hydrogen-bond donors (Lipinski definition) is 0. The molecule has 0 aromatic rings. The normalized spacial score (nSPS) is 9.59. The molecule has 7 heteroatoms. The van der Waals surface area contributed by atoms with Crippen molar-refractivity contribution >= 4 is 23.3 Å². The minimum atomic E-state index is -2.29. The maximum absolute atomic E-state index is 11.0. The van der Waals surface area contributed by atoms with E-state index in [4.69, 9.17) is 0 Å². The molecule has 0 aromatic carbocycles. The second kappa shape index (κ2) is 12.5. The Morgan fingerprint density at radius 2 is 1.35 bits per heavy atom. The summed E-state index contributed by atoms with van der Waals surface area (Å²) in [5, 5.41) is 0. The Morgan fingerprint density at radius 3 is 1.65 bits per heavy atom. The fourth-order valence-electron chi connectivity index (χ4n) is 0.894. The van der Waals surface area contributed by atoms with Crippen LogP contribution in [0.3, 0.4) is 0 Å². The van der Waals surface area contributed by atoms with Crippen LogP contribution in [0.2, 0.25) is 0 Å². The summed E-state index contributed by atoms with van der Waals surface area (Å²) in [6.45, 7) is 3.85. The monoisotopic (exact) mass is 274 g/mol. The van der Waals surface area contributed by atoms with Gasteiger partial charge in [0, 0.05) is 12.8 Å². The zero-order chi connectivity index (χ0) is 12.4. The Hall–Kier alpha value is 0.0900. The molecular weight excluding hydrogens is 255 g/mol. The average molecular weight is 274 g/mol. The predicted molar refractivity (Wildman–Crippen MR) is 60.5 cm³/mol. The van der Waals surface area contributed by atoms with Crippen LogP contribution in [0.1, 0.15) is 53.8 Å². The molecule has 96 valence electrons. The van der Waals surface area contributed by atoms with Crippen LogP contribution in [0, 0.1) is 0 Å². The SMILES string of the molecule is CCCCC(=O)OS(=O)OC(=O)CCCC.[H-].[Na+]. The first-order chi connectivity index (χ1) is 7.60. The van der Waals surface area contributed by atoms with E-state index in [0.29, 0.717) is 12.8 Å². The molecule has 0 heterocycles. The molecule has 0 spiro atoms. The number of unbranched alkanes of at least 4 members (excludes halogenated alkanes) is 2. The summed E-state index contributed by atoms with van der Waals surface area (Å²) in [5.74, 6) is -1.22. The Balaban J connectivity index is -0.00000112. The summed E-state index contributed by atoms with van der Waals surface area (Å²) in [5.41, 5.74) is 0. The van der Waals surface area contributed by atoms with E-state index in [9.17, 15) is 13.8 Å². The average Bonchev–Trinajstić information content (AvgIpc) is 2.23. The van der Waals surface area contributed by atoms with Crippen molar-refractivity contribution in [1.82, 2.24) is 0 Å². The van der Waals surface area contributed by atoms with Crippen molar-refractivity contribution in [3.05, 3.63) is 0 Å². The molecule has 0 aromatic heterocycles. The summed E-state index contributed by atoms with van der Waals surface area (Å²) >= 11 is -2.29. The fraction of sp³-hybridized carbons (Fsp3) is 0.800. The topological polar surface area (TPSA) is 69.7 Å². The Labute approximate surface area is 128 Å². The van der Waals surface area contributed by atoms with Crippen molar-refractivity contribution < 1.29 is 53.1 Å². The van der Waals surface area contributed by atoms with Gasteiger partial charge in [-0.25, -0.2) is 0 Å². The van der Waals surface area contributed by atoms with Crippen LogP contribution in [0.5, 0.6) is 0 Å². The van der Waals surface area contributed by atoms with E-state index >= 15 is 0 Å². The van der Waals surface area contributed by atoms with Crippen molar-refractivity contribution in [2.45, 2.75) is 52.4 Å². The van der Waals surface area contributed by atoms with Crippen molar-refractivity contribution in [2.24, 2.45) is 0 Å². The van der Waals surface area contributed by atoms with Gasteiger partial charge in [-0.15, -0.1) is 0 Å². The van der Waals surface area contributed by atoms with Crippen LogP contribution in [-0.4, -0.2) is 16.1 Å². The second-order valence-corrected chi connectivity index (χ2v) is 4.06. The van der Waals surface area contributed by atoms with Gasteiger partial charge in [-0.1, -0.05) is 26.7 Å². The van der Waals surface area contributed by atoms with E-state index < -0.39 is 23.3 Å². The van der Waals surface area contributed by atoms with Gasteiger partial charge >= 0.3 is 52.9 Å². The first-order valence-corrected chi connectivity index (χ1v) is 6.44. The molecule has 0 saturated heterocycles. The molecule has 0 amide bonds. The molecule has 17 heavy (non-hydrogen) atoms. The van der Waals surface area contributed by atoms with E-state index in [2.05, 4.69) is 8.37 Å². The summed E-state index contributed by atoms with van der Waals surface area (Å²) in [6.07, 6.45) is 3.40. The minimum absolute atomic E-state index is 0. The van der Waals surface area contributed by atoms with Gasteiger partial charge in [0.25, 0.3) is 0 Å². The zero-order valence-electron chi connectivity index (χ0n) is 11.7. The number of carbonyl (C=O) groups is 2. The van der Waals surface area contributed by atoms with Crippen LogP contribution in [-0.2, 0) is 29.3 Å². The van der Waals surface area contributed by atoms with Gasteiger partial charge in [0.1, 0.15) is 0 Å². The molecule has 0 aliphatic heterocycles. The zero-order valence-corrected chi connectivity index (χ0v) is 13.5. The van der Waals surface area contributed by atoms with E-state index in [1.54, 1.807) is 0 Å². The largest absolute Gasteiger partial charge is 1.00 e. The van der Waals surface area contributed by atoms with Gasteiger partial charge in [0.2, 0.25) is 0 Å². The first-order valence-electron chi connectivity index (χ1n) is 5.44. The summed E-state index contributed by atoms with van der Waals surface area (Å²) in [4.78, 5) is 22.0. The quantitative estimate of drug-likeness (QED) is 0.539. The first kappa shape index (κ1) is 19.4. The molecule has 0 aliphatic rings. The van der Waals surface area contributed by atoms with Crippen molar-refractivity contribution in [3.63, 3.8) is 0 Å². The standard InChI is InChI=1S/C10H18O5S.Na.H/c1-3-5-7-9(11)14-16(13)15-10(12)8-6-4-2;;/h3-8H2,1-2H3;;/q;+1;-1.